The highest BCUT2D eigenvalue weighted by Gasteiger charge is 2.51. The molecule has 126 valence electrons. The third-order valence-electron chi connectivity index (χ3n) is 5.38. The van der Waals surface area contributed by atoms with Gasteiger partial charge in [0.25, 0.3) is 0 Å². The van der Waals surface area contributed by atoms with E-state index < -0.39 is 0 Å². The molecule has 0 aliphatic carbocycles. The van der Waals surface area contributed by atoms with Crippen LogP contribution in [0.1, 0.15) is 52.0 Å². The number of ether oxygens (including phenoxy) is 2. The third kappa shape index (κ3) is 3.15. The number of hydrogen-bond acceptors (Lipinski definition) is 4. The van der Waals surface area contributed by atoms with E-state index in [1.54, 1.807) is 7.11 Å². The summed E-state index contributed by atoms with van der Waals surface area (Å²) in [4.78, 5) is 0. The Morgan fingerprint density at radius 2 is 1.83 bits per heavy atom. The summed E-state index contributed by atoms with van der Waals surface area (Å²) in [5.74, 6) is 1.29. The molecule has 5 heteroatoms. The lowest BCUT2D eigenvalue weighted by atomic mass is 9.76. The normalized spacial score (nSPS) is 26.3. The molecule has 0 N–H and O–H groups in total. The number of benzene rings is 1. The van der Waals surface area contributed by atoms with Gasteiger partial charge in [-0.2, -0.15) is 0 Å². The van der Waals surface area contributed by atoms with Crippen molar-refractivity contribution in [3.63, 3.8) is 0 Å². The second-order valence-electron chi connectivity index (χ2n) is 7.50. The van der Waals surface area contributed by atoms with Gasteiger partial charge in [0.1, 0.15) is 5.75 Å². The van der Waals surface area contributed by atoms with E-state index in [-0.39, 0.29) is 18.3 Å². The predicted molar refractivity (Wildman–Crippen MR) is 91.5 cm³/mol. The summed E-state index contributed by atoms with van der Waals surface area (Å²) in [6.45, 7) is 9.91. The minimum Gasteiger partial charge on any atom is -0.496 e. The second kappa shape index (κ2) is 6.12. The lowest BCUT2D eigenvalue weighted by Gasteiger charge is -2.32. The molecule has 0 spiro atoms. The van der Waals surface area contributed by atoms with E-state index in [0.29, 0.717) is 5.92 Å². The summed E-state index contributed by atoms with van der Waals surface area (Å²) in [6.07, 6.45) is 2.22. The van der Waals surface area contributed by atoms with Crippen LogP contribution >= 0.6 is 0 Å². The molecule has 3 rings (SSSR count). The smallest absolute Gasteiger partial charge is 0.494 e. The van der Waals surface area contributed by atoms with E-state index in [0.717, 1.165) is 37.3 Å². The summed E-state index contributed by atoms with van der Waals surface area (Å²) >= 11 is 0. The van der Waals surface area contributed by atoms with Gasteiger partial charge in [0.2, 0.25) is 0 Å². The highest BCUT2D eigenvalue weighted by Crippen LogP contribution is 2.37. The summed E-state index contributed by atoms with van der Waals surface area (Å²) in [7, 11) is 1.38. The van der Waals surface area contributed by atoms with Gasteiger partial charge in [0.15, 0.2) is 0 Å². The van der Waals surface area contributed by atoms with E-state index in [1.807, 2.05) is 12.1 Å². The molecule has 1 atom stereocenters. The fourth-order valence-electron chi connectivity index (χ4n) is 3.18. The Hall–Kier alpha value is -1.04. The number of rotatable bonds is 3. The molecule has 23 heavy (non-hydrogen) atoms. The van der Waals surface area contributed by atoms with Crippen molar-refractivity contribution in [3.8, 4) is 5.75 Å². The van der Waals surface area contributed by atoms with Crippen molar-refractivity contribution in [1.82, 2.24) is 0 Å². The molecule has 0 amide bonds. The first-order valence-corrected chi connectivity index (χ1v) is 8.45. The average molecular weight is 318 g/mol. The molecule has 2 fully saturated rings. The van der Waals surface area contributed by atoms with Crippen molar-refractivity contribution in [2.45, 2.75) is 57.7 Å². The molecule has 1 aromatic carbocycles. The highest BCUT2D eigenvalue weighted by atomic mass is 16.7. The molecule has 2 aliphatic heterocycles. The van der Waals surface area contributed by atoms with E-state index in [9.17, 15) is 0 Å². The maximum atomic E-state index is 6.17. The van der Waals surface area contributed by atoms with Crippen LogP contribution in [0.15, 0.2) is 18.2 Å². The summed E-state index contributed by atoms with van der Waals surface area (Å²) in [6, 6.07) is 6.22. The first-order valence-electron chi connectivity index (χ1n) is 8.45. The molecule has 0 saturated carbocycles. The monoisotopic (exact) mass is 318 g/mol. The van der Waals surface area contributed by atoms with Crippen molar-refractivity contribution in [1.29, 1.82) is 0 Å². The van der Waals surface area contributed by atoms with Gasteiger partial charge in [-0.3, -0.25) is 0 Å². The van der Waals surface area contributed by atoms with Crippen LogP contribution in [0.3, 0.4) is 0 Å². The zero-order chi connectivity index (χ0) is 16.7. The van der Waals surface area contributed by atoms with Gasteiger partial charge >= 0.3 is 7.12 Å². The molecule has 0 aromatic heterocycles. The van der Waals surface area contributed by atoms with E-state index in [1.165, 1.54) is 5.56 Å². The minimum absolute atomic E-state index is 0.328. The summed E-state index contributed by atoms with van der Waals surface area (Å²) in [5.41, 5.74) is 1.58. The average Bonchev–Trinajstić information content (AvgIpc) is 2.75. The van der Waals surface area contributed by atoms with Crippen molar-refractivity contribution in [3.05, 3.63) is 23.8 Å². The summed E-state index contributed by atoms with van der Waals surface area (Å²) < 4.78 is 23.6. The van der Waals surface area contributed by atoms with Gasteiger partial charge in [-0.1, -0.05) is 12.1 Å². The van der Waals surface area contributed by atoms with Crippen LogP contribution in [0.2, 0.25) is 0 Å². The Balaban J connectivity index is 1.89. The molecule has 2 aliphatic rings. The van der Waals surface area contributed by atoms with Crippen LogP contribution in [-0.2, 0) is 14.0 Å². The summed E-state index contributed by atoms with van der Waals surface area (Å²) in [5, 5.41) is 0. The van der Waals surface area contributed by atoms with Crippen molar-refractivity contribution >= 4 is 12.6 Å². The number of hydrogen-bond donors (Lipinski definition) is 0. The fraction of sp³-hybridized carbons (Fsp3) is 0.667. The molecule has 1 aromatic rings. The quantitative estimate of drug-likeness (QED) is 0.803. The van der Waals surface area contributed by atoms with Gasteiger partial charge in [0, 0.05) is 12.5 Å². The Bertz CT molecular complexity index is 548. The molecular weight excluding hydrogens is 291 g/mol. The van der Waals surface area contributed by atoms with Gasteiger partial charge < -0.3 is 18.8 Å². The van der Waals surface area contributed by atoms with Crippen LogP contribution < -0.4 is 10.2 Å². The van der Waals surface area contributed by atoms with Crippen LogP contribution in [0.4, 0.5) is 0 Å². The lowest BCUT2D eigenvalue weighted by Crippen LogP contribution is -2.41. The molecule has 2 saturated heterocycles. The highest BCUT2D eigenvalue weighted by molar-refractivity contribution is 6.62. The van der Waals surface area contributed by atoms with Gasteiger partial charge in [-0.05, 0) is 57.6 Å². The molecule has 1 unspecified atom stereocenters. The second-order valence-corrected chi connectivity index (χ2v) is 7.50. The van der Waals surface area contributed by atoms with Gasteiger partial charge in [0.05, 0.1) is 24.9 Å². The number of methoxy groups -OCH3 is 1. The van der Waals surface area contributed by atoms with E-state index >= 15 is 0 Å². The predicted octanol–water partition coefficient (Wildman–Crippen LogP) is 2.89. The van der Waals surface area contributed by atoms with Crippen LogP contribution in [0.25, 0.3) is 0 Å². The molecule has 0 radical (unpaired) electrons. The Labute approximate surface area is 139 Å². The molecule has 4 nitrogen and oxygen atoms in total. The first kappa shape index (κ1) is 16.8. The Kier molecular flexibility index (Phi) is 4.47. The van der Waals surface area contributed by atoms with E-state index in [2.05, 4.69) is 33.8 Å². The zero-order valence-electron chi connectivity index (χ0n) is 14.8. The van der Waals surface area contributed by atoms with E-state index in [4.69, 9.17) is 18.8 Å². The SMILES string of the molecule is COc1ccc(B2OC(C)(C)C(C)(C)O2)cc1C1CCCOC1. The van der Waals surface area contributed by atoms with Crippen LogP contribution in [0, 0.1) is 0 Å². The Morgan fingerprint density at radius 3 is 2.39 bits per heavy atom. The maximum absolute atomic E-state index is 6.17. The van der Waals surface area contributed by atoms with Crippen molar-refractivity contribution < 1.29 is 18.8 Å². The van der Waals surface area contributed by atoms with Gasteiger partial charge in [-0.15, -0.1) is 0 Å². The molecule has 0 bridgehead atoms. The fourth-order valence-corrected chi connectivity index (χ4v) is 3.18. The van der Waals surface area contributed by atoms with Gasteiger partial charge in [-0.25, -0.2) is 0 Å². The largest absolute Gasteiger partial charge is 0.496 e. The Morgan fingerprint density at radius 1 is 1.13 bits per heavy atom. The molecular formula is C18H27BO4. The standard InChI is InChI=1S/C18H27BO4/c1-17(2)18(3,4)23-19(22-17)14-8-9-16(20-5)15(11-14)13-7-6-10-21-12-13/h8-9,11,13H,6-7,10,12H2,1-5H3. The third-order valence-corrected chi connectivity index (χ3v) is 5.38. The first-order chi connectivity index (χ1) is 10.8. The topological polar surface area (TPSA) is 36.9 Å². The maximum Gasteiger partial charge on any atom is 0.494 e. The minimum atomic E-state index is -0.339. The molecule has 2 heterocycles. The van der Waals surface area contributed by atoms with Crippen molar-refractivity contribution in [2.75, 3.05) is 20.3 Å². The van der Waals surface area contributed by atoms with Crippen molar-refractivity contribution in [2.24, 2.45) is 0 Å². The van der Waals surface area contributed by atoms with Crippen LogP contribution in [-0.4, -0.2) is 38.6 Å². The van der Waals surface area contributed by atoms with Crippen LogP contribution in [0.5, 0.6) is 5.75 Å². The zero-order valence-corrected chi connectivity index (χ0v) is 14.8. The lowest BCUT2D eigenvalue weighted by molar-refractivity contribution is 0.00578.